The van der Waals surface area contributed by atoms with Gasteiger partial charge in [0.25, 0.3) is 0 Å². The summed E-state index contributed by atoms with van der Waals surface area (Å²) < 4.78 is 0. The molecule has 0 bridgehead atoms. The van der Waals surface area contributed by atoms with E-state index >= 15 is 0 Å². The van der Waals surface area contributed by atoms with Crippen LogP contribution in [0.15, 0.2) is 12.2 Å². The minimum absolute atomic E-state index is 0.570. The second-order valence-corrected chi connectivity index (χ2v) is 4.79. The molecule has 0 heteroatoms. The van der Waals surface area contributed by atoms with Gasteiger partial charge >= 0.3 is 0 Å². The van der Waals surface area contributed by atoms with Crippen molar-refractivity contribution in [2.24, 2.45) is 17.3 Å². The molecular formula is C12H22. The van der Waals surface area contributed by atoms with Crippen LogP contribution in [0.4, 0.5) is 0 Å². The van der Waals surface area contributed by atoms with Gasteiger partial charge in [-0.3, -0.25) is 0 Å². The van der Waals surface area contributed by atoms with Gasteiger partial charge < -0.3 is 0 Å². The molecule has 12 heavy (non-hydrogen) atoms. The number of allylic oxidation sites excluding steroid dienone is 1. The molecule has 70 valence electrons. The minimum atomic E-state index is 0.570. The van der Waals surface area contributed by atoms with Crippen molar-refractivity contribution in [1.29, 1.82) is 0 Å². The fourth-order valence-corrected chi connectivity index (χ4v) is 2.80. The fourth-order valence-electron chi connectivity index (χ4n) is 2.80. The van der Waals surface area contributed by atoms with Crippen LogP contribution in [0.25, 0.3) is 0 Å². The SMILES string of the molecule is C=C(C)C1CC(C)C1(C)CCC. The molecule has 0 amide bonds. The van der Waals surface area contributed by atoms with E-state index in [-0.39, 0.29) is 0 Å². The molecule has 0 aromatic carbocycles. The minimum Gasteiger partial charge on any atom is -0.0998 e. The van der Waals surface area contributed by atoms with Gasteiger partial charge in [0.05, 0.1) is 0 Å². The maximum absolute atomic E-state index is 4.09. The highest BCUT2D eigenvalue weighted by atomic mass is 14.5. The second kappa shape index (κ2) is 3.24. The van der Waals surface area contributed by atoms with Gasteiger partial charge in [-0.05, 0) is 37.0 Å². The lowest BCUT2D eigenvalue weighted by Gasteiger charge is -2.54. The van der Waals surface area contributed by atoms with Crippen LogP contribution in [0.2, 0.25) is 0 Å². The Morgan fingerprint density at radius 2 is 2.17 bits per heavy atom. The van der Waals surface area contributed by atoms with Crippen LogP contribution < -0.4 is 0 Å². The van der Waals surface area contributed by atoms with Gasteiger partial charge in [0.2, 0.25) is 0 Å². The van der Waals surface area contributed by atoms with Crippen LogP contribution >= 0.6 is 0 Å². The lowest BCUT2D eigenvalue weighted by atomic mass is 9.51. The van der Waals surface area contributed by atoms with Gasteiger partial charge in [0.15, 0.2) is 0 Å². The summed E-state index contributed by atoms with van der Waals surface area (Å²) >= 11 is 0. The quantitative estimate of drug-likeness (QED) is 0.555. The smallest absolute Gasteiger partial charge is 0.0149 e. The molecule has 0 heterocycles. The zero-order valence-electron chi connectivity index (χ0n) is 8.98. The van der Waals surface area contributed by atoms with Crippen molar-refractivity contribution in [3.8, 4) is 0 Å². The van der Waals surface area contributed by atoms with Crippen LogP contribution in [0, 0.1) is 17.3 Å². The summed E-state index contributed by atoms with van der Waals surface area (Å²) in [5.41, 5.74) is 1.96. The van der Waals surface area contributed by atoms with Crippen molar-refractivity contribution in [2.45, 2.75) is 47.0 Å². The summed E-state index contributed by atoms with van der Waals surface area (Å²) in [7, 11) is 0. The Labute approximate surface area is 77.1 Å². The molecule has 1 saturated carbocycles. The molecule has 0 radical (unpaired) electrons. The molecule has 0 aromatic heterocycles. The molecule has 0 spiro atoms. The van der Waals surface area contributed by atoms with E-state index in [0.717, 1.165) is 11.8 Å². The summed E-state index contributed by atoms with van der Waals surface area (Å²) in [4.78, 5) is 0. The zero-order chi connectivity index (χ0) is 9.35. The van der Waals surface area contributed by atoms with Gasteiger partial charge in [-0.1, -0.05) is 39.3 Å². The first-order valence-electron chi connectivity index (χ1n) is 5.17. The summed E-state index contributed by atoms with van der Waals surface area (Å²) in [6, 6.07) is 0. The summed E-state index contributed by atoms with van der Waals surface area (Å²) in [5.74, 6) is 1.70. The maximum atomic E-state index is 4.09. The number of rotatable bonds is 3. The third-order valence-corrected chi connectivity index (χ3v) is 3.89. The molecule has 1 fully saturated rings. The molecule has 0 aliphatic heterocycles. The Balaban J connectivity index is 2.65. The summed E-state index contributed by atoms with van der Waals surface area (Å²) in [6.45, 7) is 13.4. The number of hydrogen-bond donors (Lipinski definition) is 0. The Hall–Kier alpha value is -0.260. The highest BCUT2D eigenvalue weighted by Crippen LogP contribution is 2.56. The van der Waals surface area contributed by atoms with Crippen LogP contribution in [0.5, 0.6) is 0 Å². The first-order chi connectivity index (χ1) is 5.52. The Kier molecular flexibility index (Phi) is 2.65. The average Bonchev–Trinajstić information content (AvgIpc) is 2.00. The molecular weight excluding hydrogens is 144 g/mol. The van der Waals surface area contributed by atoms with E-state index in [1.165, 1.54) is 24.8 Å². The van der Waals surface area contributed by atoms with E-state index in [2.05, 4.69) is 34.3 Å². The predicted octanol–water partition coefficient (Wildman–Crippen LogP) is 4.02. The Bertz CT molecular complexity index is 180. The molecule has 3 atom stereocenters. The first-order valence-corrected chi connectivity index (χ1v) is 5.17. The lowest BCUT2D eigenvalue weighted by molar-refractivity contribution is -0.0108. The molecule has 0 N–H and O–H groups in total. The zero-order valence-corrected chi connectivity index (χ0v) is 8.98. The van der Waals surface area contributed by atoms with Crippen molar-refractivity contribution in [2.75, 3.05) is 0 Å². The average molecular weight is 166 g/mol. The van der Waals surface area contributed by atoms with Crippen LogP contribution in [0.1, 0.15) is 47.0 Å². The van der Waals surface area contributed by atoms with Crippen molar-refractivity contribution in [3.63, 3.8) is 0 Å². The lowest BCUT2D eigenvalue weighted by Crippen LogP contribution is -2.45. The first kappa shape index (κ1) is 9.83. The second-order valence-electron chi connectivity index (χ2n) is 4.79. The third kappa shape index (κ3) is 1.32. The monoisotopic (exact) mass is 166 g/mol. The van der Waals surface area contributed by atoms with Gasteiger partial charge in [0.1, 0.15) is 0 Å². The van der Waals surface area contributed by atoms with E-state index in [4.69, 9.17) is 0 Å². The van der Waals surface area contributed by atoms with Crippen LogP contribution in [-0.4, -0.2) is 0 Å². The standard InChI is InChI=1S/C12H22/c1-6-7-12(5)10(4)8-11(12)9(2)3/h10-11H,2,6-8H2,1,3-5H3. The van der Waals surface area contributed by atoms with E-state index < -0.39 is 0 Å². The third-order valence-electron chi connectivity index (χ3n) is 3.89. The predicted molar refractivity (Wildman–Crippen MR) is 55.1 cm³/mol. The Morgan fingerprint density at radius 1 is 1.58 bits per heavy atom. The van der Waals surface area contributed by atoms with Crippen molar-refractivity contribution >= 4 is 0 Å². The van der Waals surface area contributed by atoms with E-state index in [1.54, 1.807) is 0 Å². The molecule has 0 aromatic rings. The Morgan fingerprint density at radius 3 is 2.50 bits per heavy atom. The van der Waals surface area contributed by atoms with Gasteiger partial charge in [-0.15, -0.1) is 0 Å². The molecule has 3 unspecified atom stereocenters. The summed E-state index contributed by atoms with van der Waals surface area (Å²) in [6.07, 6.45) is 4.04. The summed E-state index contributed by atoms with van der Waals surface area (Å²) in [5, 5.41) is 0. The van der Waals surface area contributed by atoms with E-state index in [0.29, 0.717) is 5.41 Å². The number of hydrogen-bond acceptors (Lipinski definition) is 0. The normalized spacial score (nSPS) is 40.7. The molecule has 0 saturated heterocycles. The van der Waals surface area contributed by atoms with Crippen LogP contribution in [-0.2, 0) is 0 Å². The van der Waals surface area contributed by atoms with E-state index in [9.17, 15) is 0 Å². The topological polar surface area (TPSA) is 0 Å². The highest BCUT2D eigenvalue weighted by molar-refractivity contribution is 5.12. The van der Waals surface area contributed by atoms with Crippen LogP contribution in [0.3, 0.4) is 0 Å². The molecule has 1 aliphatic rings. The van der Waals surface area contributed by atoms with Crippen molar-refractivity contribution in [1.82, 2.24) is 0 Å². The molecule has 0 nitrogen and oxygen atoms in total. The molecule has 1 rings (SSSR count). The van der Waals surface area contributed by atoms with Crippen molar-refractivity contribution in [3.05, 3.63) is 12.2 Å². The highest BCUT2D eigenvalue weighted by Gasteiger charge is 2.47. The van der Waals surface area contributed by atoms with Gasteiger partial charge in [-0.25, -0.2) is 0 Å². The maximum Gasteiger partial charge on any atom is -0.0149 e. The van der Waals surface area contributed by atoms with E-state index in [1.807, 2.05) is 0 Å². The fraction of sp³-hybridized carbons (Fsp3) is 0.833. The van der Waals surface area contributed by atoms with Gasteiger partial charge in [0, 0.05) is 0 Å². The largest absolute Gasteiger partial charge is 0.0998 e. The van der Waals surface area contributed by atoms with Gasteiger partial charge in [-0.2, -0.15) is 0 Å². The molecule has 1 aliphatic carbocycles. The van der Waals surface area contributed by atoms with Crippen molar-refractivity contribution < 1.29 is 0 Å².